The fourth-order valence-electron chi connectivity index (χ4n) is 2.50. The molecule has 114 valence electrons. The maximum absolute atomic E-state index is 12.6. The summed E-state index contributed by atoms with van der Waals surface area (Å²) in [6.45, 7) is 4.49. The first-order chi connectivity index (χ1) is 10.00. The van der Waals surface area contributed by atoms with Gasteiger partial charge in [0.2, 0.25) is 11.0 Å². The molecule has 2 aromatic heterocycles. The average Bonchev–Trinajstić information content (AvgIpc) is 3.19. The van der Waals surface area contributed by atoms with Crippen molar-refractivity contribution in [2.45, 2.75) is 43.8 Å². The Balaban J connectivity index is 1.92. The molecule has 1 atom stereocenters. The number of sulfonamides is 1. The third kappa shape index (κ3) is 2.49. The summed E-state index contributed by atoms with van der Waals surface area (Å²) in [5, 5.41) is -0.0370. The lowest BCUT2D eigenvalue weighted by Crippen LogP contribution is -2.31. The molecule has 1 N–H and O–H groups in total. The van der Waals surface area contributed by atoms with Gasteiger partial charge in [-0.2, -0.15) is 4.31 Å². The van der Waals surface area contributed by atoms with Crippen LogP contribution in [0.5, 0.6) is 0 Å². The van der Waals surface area contributed by atoms with E-state index in [1.54, 1.807) is 6.26 Å². The van der Waals surface area contributed by atoms with Crippen LogP contribution in [0.25, 0.3) is 0 Å². The van der Waals surface area contributed by atoms with Crippen LogP contribution < -0.4 is 0 Å². The number of hydrogen-bond donors (Lipinski definition) is 1. The second kappa shape index (κ2) is 5.27. The number of nitrogens with zero attached hydrogens (tertiary/aromatic N) is 3. The SMILES string of the molecule is CC(C)c1coc([C@@H]2CCCN2S(=O)(=O)c2ncc[nH]2)n1. The van der Waals surface area contributed by atoms with Crippen LogP contribution in [-0.4, -0.2) is 34.2 Å². The largest absolute Gasteiger partial charge is 0.447 e. The van der Waals surface area contributed by atoms with Crippen LogP contribution >= 0.6 is 0 Å². The van der Waals surface area contributed by atoms with E-state index in [4.69, 9.17) is 4.42 Å². The van der Waals surface area contributed by atoms with Crippen molar-refractivity contribution in [3.63, 3.8) is 0 Å². The molecule has 0 bridgehead atoms. The van der Waals surface area contributed by atoms with E-state index in [9.17, 15) is 8.42 Å². The summed E-state index contributed by atoms with van der Waals surface area (Å²) >= 11 is 0. The van der Waals surface area contributed by atoms with Crippen LogP contribution in [0, 0.1) is 0 Å². The summed E-state index contributed by atoms with van der Waals surface area (Å²) < 4.78 is 32.1. The van der Waals surface area contributed by atoms with Crippen molar-refractivity contribution in [1.82, 2.24) is 19.3 Å². The highest BCUT2D eigenvalue weighted by Gasteiger charge is 2.40. The highest BCUT2D eigenvalue weighted by atomic mass is 32.2. The van der Waals surface area contributed by atoms with Crippen LogP contribution in [-0.2, 0) is 10.0 Å². The summed E-state index contributed by atoms with van der Waals surface area (Å²) in [4.78, 5) is 10.9. The monoisotopic (exact) mass is 310 g/mol. The number of aromatic amines is 1. The van der Waals surface area contributed by atoms with Crippen molar-refractivity contribution < 1.29 is 12.8 Å². The van der Waals surface area contributed by atoms with E-state index in [0.717, 1.165) is 12.1 Å². The van der Waals surface area contributed by atoms with E-state index in [1.165, 1.54) is 16.7 Å². The van der Waals surface area contributed by atoms with Gasteiger partial charge in [0.05, 0.1) is 5.69 Å². The van der Waals surface area contributed by atoms with E-state index in [-0.39, 0.29) is 17.1 Å². The van der Waals surface area contributed by atoms with E-state index in [0.29, 0.717) is 18.9 Å². The zero-order valence-corrected chi connectivity index (χ0v) is 12.8. The summed E-state index contributed by atoms with van der Waals surface area (Å²) in [7, 11) is -3.64. The molecule has 1 aliphatic rings. The fraction of sp³-hybridized carbons (Fsp3) is 0.538. The summed E-state index contributed by atoms with van der Waals surface area (Å²) in [5.41, 5.74) is 0.840. The number of H-pyrrole nitrogens is 1. The van der Waals surface area contributed by atoms with Gasteiger partial charge in [-0.05, 0) is 18.8 Å². The number of rotatable bonds is 4. The minimum Gasteiger partial charge on any atom is -0.447 e. The molecular formula is C13H18N4O3S. The Morgan fingerprint density at radius 3 is 2.90 bits per heavy atom. The van der Waals surface area contributed by atoms with Crippen LogP contribution in [0.3, 0.4) is 0 Å². The third-order valence-electron chi connectivity index (χ3n) is 3.65. The first-order valence-electron chi connectivity index (χ1n) is 6.96. The van der Waals surface area contributed by atoms with Crippen molar-refractivity contribution in [2.24, 2.45) is 0 Å². The fourth-order valence-corrected chi connectivity index (χ4v) is 4.03. The molecule has 3 heterocycles. The predicted octanol–water partition coefficient (Wildman–Crippen LogP) is 2.05. The third-order valence-corrected chi connectivity index (χ3v) is 5.41. The topological polar surface area (TPSA) is 92.1 Å². The minimum absolute atomic E-state index is 0.0370. The van der Waals surface area contributed by atoms with E-state index >= 15 is 0 Å². The number of aromatic nitrogens is 3. The van der Waals surface area contributed by atoms with Crippen molar-refractivity contribution in [1.29, 1.82) is 0 Å². The van der Waals surface area contributed by atoms with Crippen LogP contribution in [0.15, 0.2) is 28.2 Å². The number of nitrogens with one attached hydrogen (secondary N) is 1. The maximum Gasteiger partial charge on any atom is 0.277 e. The van der Waals surface area contributed by atoms with Gasteiger partial charge < -0.3 is 9.40 Å². The molecule has 2 aromatic rings. The molecule has 1 saturated heterocycles. The smallest absolute Gasteiger partial charge is 0.277 e. The molecular weight excluding hydrogens is 292 g/mol. The Morgan fingerprint density at radius 2 is 2.29 bits per heavy atom. The van der Waals surface area contributed by atoms with Crippen LogP contribution in [0.1, 0.15) is 50.2 Å². The first-order valence-corrected chi connectivity index (χ1v) is 8.40. The van der Waals surface area contributed by atoms with Gasteiger partial charge in [0.1, 0.15) is 12.3 Å². The Labute approximate surface area is 123 Å². The second-order valence-electron chi connectivity index (χ2n) is 5.43. The van der Waals surface area contributed by atoms with Crippen molar-refractivity contribution in [2.75, 3.05) is 6.54 Å². The lowest BCUT2D eigenvalue weighted by atomic mass is 10.1. The van der Waals surface area contributed by atoms with Crippen LogP contribution in [0.4, 0.5) is 0 Å². The summed E-state index contributed by atoms with van der Waals surface area (Å²) in [6.07, 6.45) is 6.03. The molecule has 0 aliphatic carbocycles. The second-order valence-corrected chi connectivity index (χ2v) is 7.24. The zero-order chi connectivity index (χ0) is 15.0. The number of hydrogen-bond acceptors (Lipinski definition) is 5. The molecule has 3 rings (SSSR count). The molecule has 0 spiro atoms. The Morgan fingerprint density at radius 1 is 1.48 bits per heavy atom. The van der Waals surface area contributed by atoms with Crippen molar-refractivity contribution in [3.8, 4) is 0 Å². The molecule has 0 unspecified atom stereocenters. The summed E-state index contributed by atoms with van der Waals surface area (Å²) in [5.74, 6) is 0.713. The van der Waals surface area contributed by atoms with E-state index < -0.39 is 10.0 Å². The van der Waals surface area contributed by atoms with Gasteiger partial charge in [0.25, 0.3) is 10.0 Å². The Hall–Kier alpha value is -1.67. The Bertz CT molecular complexity index is 706. The predicted molar refractivity (Wildman–Crippen MR) is 75.0 cm³/mol. The van der Waals surface area contributed by atoms with Gasteiger partial charge in [0, 0.05) is 18.9 Å². The quantitative estimate of drug-likeness (QED) is 0.933. The molecule has 1 aliphatic heterocycles. The minimum atomic E-state index is -3.64. The summed E-state index contributed by atoms with van der Waals surface area (Å²) in [6, 6.07) is -0.354. The van der Waals surface area contributed by atoms with Gasteiger partial charge in [-0.25, -0.2) is 18.4 Å². The molecule has 21 heavy (non-hydrogen) atoms. The average molecular weight is 310 g/mol. The Kier molecular flexibility index (Phi) is 3.58. The van der Waals surface area contributed by atoms with E-state index in [2.05, 4.69) is 15.0 Å². The lowest BCUT2D eigenvalue weighted by Gasteiger charge is -2.20. The molecule has 0 radical (unpaired) electrons. The molecule has 0 amide bonds. The van der Waals surface area contributed by atoms with Gasteiger partial charge in [0.15, 0.2) is 0 Å². The van der Waals surface area contributed by atoms with Gasteiger partial charge in [-0.3, -0.25) is 0 Å². The van der Waals surface area contributed by atoms with E-state index in [1.807, 2.05) is 13.8 Å². The van der Waals surface area contributed by atoms with Gasteiger partial charge >= 0.3 is 0 Å². The molecule has 0 aromatic carbocycles. The first kappa shape index (κ1) is 14.3. The highest BCUT2D eigenvalue weighted by Crippen LogP contribution is 2.35. The normalized spacial score (nSPS) is 20.4. The number of imidazole rings is 1. The molecule has 8 heteroatoms. The zero-order valence-electron chi connectivity index (χ0n) is 12.0. The molecule has 1 fully saturated rings. The van der Waals surface area contributed by atoms with Gasteiger partial charge in [-0.1, -0.05) is 13.8 Å². The molecule has 0 saturated carbocycles. The maximum atomic E-state index is 12.6. The van der Waals surface area contributed by atoms with Crippen molar-refractivity contribution >= 4 is 10.0 Å². The lowest BCUT2D eigenvalue weighted by molar-refractivity contribution is 0.327. The van der Waals surface area contributed by atoms with Crippen molar-refractivity contribution in [3.05, 3.63) is 30.2 Å². The highest BCUT2D eigenvalue weighted by molar-refractivity contribution is 7.89. The molecule has 7 nitrogen and oxygen atoms in total. The van der Waals surface area contributed by atoms with Gasteiger partial charge in [-0.15, -0.1) is 0 Å². The standard InChI is InChI=1S/C13H18N4O3S/c1-9(2)10-8-20-12(16-10)11-4-3-7-17(11)21(18,19)13-14-5-6-15-13/h5-6,8-9,11H,3-4,7H2,1-2H3,(H,14,15)/t11-/m0/s1. The number of oxazole rings is 1. The van der Waals surface area contributed by atoms with Crippen LogP contribution in [0.2, 0.25) is 0 Å².